The third kappa shape index (κ3) is 3.51. The molecule has 0 aliphatic carbocycles. The quantitative estimate of drug-likeness (QED) is 0.793. The van der Waals surface area contributed by atoms with Crippen LogP contribution in [0.15, 0.2) is 22.7 Å². The highest BCUT2D eigenvalue weighted by Gasteiger charge is 2.08. The van der Waals surface area contributed by atoms with Crippen molar-refractivity contribution in [1.29, 1.82) is 0 Å². The number of halogens is 2. The average molecular weight is 277 g/mol. The van der Waals surface area contributed by atoms with Crippen molar-refractivity contribution in [2.75, 3.05) is 20.4 Å². The summed E-state index contributed by atoms with van der Waals surface area (Å²) in [5.74, 6) is -0.0242. The van der Waals surface area contributed by atoms with Crippen molar-refractivity contribution in [2.45, 2.75) is 0 Å². The monoisotopic (exact) mass is 276 g/mol. The third-order valence-electron chi connectivity index (χ3n) is 1.64. The predicted molar refractivity (Wildman–Crippen MR) is 57.0 cm³/mol. The van der Waals surface area contributed by atoms with Crippen LogP contribution in [0.4, 0.5) is 4.39 Å². The first-order valence-electron chi connectivity index (χ1n) is 4.25. The molecule has 0 radical (unpaired) electrons. The van der Waals surface area contributed by atoms with Gasteiger partial charge in [-0.3, -0.25) is 0 Å². The standard InChI is InChI=1S/C10H10BrFO3/c1-14-10(13)7-4-8(11)6-9(5-7)15-3-2-12/h4-6H,2-3H2,1H3. The maximum Gasteiger partial charge on any atom is 0.338 e. The largest absolute Gasteiger partial charge is 0.491 e. The smallest absolute Gasteiger partial charge is 0.338 e. The minimum atomic E-state index is -0.569. The van der Waals surface area contributed by atoms with Gasteiger partial charge >= 0.3 is 5.97 Å². The number of carbonyl (C=O) groups excluding carboxylic acids is 1. The molecule has 0 spiro atoms. The van der Waals surface area contributed by atoms with Crippen LogP contribution in [0.25, 0.3) is 0 Å². The lowest BCUT2D eigenvalue weighted by Crippen LogP contribution is -2.03. The van der Waals surface area contributed by atoms with Gasteiger partial charge in [-0.25, -0.2) is 9.18 Å². The summed E-state index contributed by atoms with van der Waals surface area (Å²) >= 11 is 3.22. The van der Waals surface area contributed by atoms with Crippen LogP contribution in [-0.2, 0) is 4.74 Å². The highest BCUT2D eigenvalue weighted by atomic mass is 79.9. The topological polar surface area (TPSA) is 35.5 Å². The zero-order valence-corrected chi connectivity index (χ0v) is 9.71. The van der Waals surface area contributed by atoms with Gasteiger partial charge in [-0.15, -0.1) is 0 Å². The van der Waals surface area contributed by atoms with E-state index in [2.05, 4.69) is 20.7 Å². The maximum absolute atomic E-state index is 11.9. The Labute approximate surface area is 95.3 Å². The van der Waals surface area contributed by atoms with E-state index in [9.17, 15) is 9.18 Å². The molecule has 0 aliphatic heterocycles. The van der Waals surface area contributed by atoms with Crippen molar-refractivity contribution in [1.82, 2.24) is 0 Å². The van der Waals surface area contributed by atoms with Crippen molar-refractivity contribution in [3.05, 3.63) is 28.2 Å². The van der Waals surface area contributed by atoms with Crippen LogP contribution in [0.1, 0.15) is 10.4 Å². The van der Waals surface area contributed by atoms with Gasteiger partial charge in [0.2, 0.25) is 0 Å². The molecular formula is C10H10BrFO3. The van der Waals surface area contributed by atoms with Gasteiger partial charge in [0.05, 0.1) is 12.7 Å². The van der Waals surface area contributed by atoms with Gasteiger partial charge in [0.1, 0.15) is 19.0 Å². The first kappa shape index (κ1) is 12.0. The zero-order valence-electron chi connectivity index (χ0n) is 8.13. The van der Waals surface area contributed by atoms with Gasteiger partial charge in [-0.2, -0.15) is 0 Å². The Morgan fingerprint density at radius 3 is 2.80 bits per heavy atom. The Morgan fingerprint density at radius 1 is 1.47 bits per heavy atom. The van der Waals surface area contributed by atoms with Crippen molar-refractivity contribution >= 4 is 21.9 Å². The third-order valence-corrected chi connectivity index (χ3v) is 2.10. The number of rotatable bonds is 4. The highest BCUT2D eigenvalue weighted by molar-refractivity contribution is 9.10. The van der Waals surface area contributed by atoms with Gasteiger partial charge < -0.3 is 9.47 Å². The second-order valence-corrected chi connectivity index (χ2v) is 3.62. The minimum absolute atomic E-state index is 0.0307. The normalized spacial score (nSPS) is 9.80. The first-order chi connectivity index (χ1) is 7.17. The van der Waals surface area contributed by atoms with E-state index in [1.165, 1.54) is 13.2 Å². The van der Waals surface area contributed by atoms with E-state index in [-0.39, 0.29) is 6.61 Å². The summed E-state index contributed by atoms with van der Waals surface area (Å²) in [5.41, 5.74) is 0.362. The lowest BCUT2D eigenvalue weighted by atomic mass is 10.2. The molecule has 0 N–H and O–H groups in total. The van der Waals surface area contributed by atoms with Gasteiger partial charge in [0, 0.05) is 4.47 Å². The van der Waals surface area contributed by atoms with Crippen LogP contribution >= 0.6 is 15.9 Å². The maximum atomic E-state index is 11.9. The Morgan fingerprint density at radius 2 is 2.20 bits per heavy atom. The number of alkyl halides is 1. The summed E-state index contributed by atoms with van der Waals surface area (Å²) < 4.78 is 22.2. The molecule has 0 fully saturated rings. The number of methoxy groups -OCH3 is 1. The molecule has 3 nitrogen and oxygen atoms in total. The number of ether oxygens (including phenoxy) is 2. The lowest BCUT2D eigenvalue weighted by molar-refractivity contribution is 0.0600. The number of benzene rings is 1. The molecule has 0 bridgehead atoms. The summed E-state index contributed by atoms with van der Waals surface area (Å²) in [4.78, 5) is 11.2. The Bertz CT molecular complexity index is 355. The van der Waals surface area contributed by atoms with Crippen LogP contribution in [0.3, 0.4) is 0 Å². The van der Waals surface area contributed by atoms with Crippen LogP contribution in [0.5, 0.6) is 5.75 Å². The highest BCUT2D eigenvalue weighted by Crippen LogP contribution is 2.22. The molecule has 1 rings (SSSR count). The molecule has 0 unspecified atom stereocenters. The Hall–Kier alpha value is -1.10. The van der Waals surface area contributed by atoms with Crippen molar-refractivity contribution in [3.8, 4) is 5.75 Å². The van der Waals surface area contributed by atoms with E-state index < -0.39 is 12.6 Å². The zero-order chi connectivity index (χ0) is 11.3. The van der Waals surface area contributed by atoms with Gasteiger partial charge in [0.25, 0.3) is 0 Å². The average Bonchev–Trinajstić information content (AvgIpc) is 2.24. The molecule has 0 aromatic heterocycles. The lowest BCUT2D eigenvalue weighted by Gasteiger charge is -2.06. The molecule has 15 heavy (non-hydrogen) atoms. The molecule has 0 saturated carbocycles. The molecule has 0 amide bonds. The second kappa shape index (κ2) is 5.70. The fraction of sp³-hybridized carbons (Fsp3) is 0.300. The van der Waals surface area contributed by atoms with Crippen molar-refractivity contribution < 1.29 is 18.7 Å². The van der Waals surface area contributed by atoms with Crippen LogP contribution in [-0.4, -0.2) is 26.4 Å². The predicted octanol–water partition coefficient (Wildman–Crippen LogP) is 2.58. The number of hydrogen-bond acceptors (Lipinski definition) is 3. The molecule has 0 heterocycles. The number of hydrogen-bond donors (Lipinski definition) is 0. The molecule has 1 aromatic rings. The number of carbonyl (C=O) groups is 1. The fourth-order valence-corrected chi connectivity index (χ4v) is 1.51. The van der Waals surface area contributed by atoms with E-state index in [4.69, 9.17) is 4.74 Å². The van der Waals surface area contributed by atoms with E-state index in [1.54, 1.807) is 12.1 Å². The molecule has 1 aromatic carbocycles. The summed E-state index contributed by atoms with van der Waals surface area (Å²) in [6.45, 7) is -0.600. The minimum Gasteiger partial charge on any atom is -0.491 e. The van der Waals surface area contributed by atoms with Crippen molar-refractivity contribution in [3.63, 3.8) is 0 Å². The fourth-order valence-electron chi connectivity index (χ4n) is 1.04. The van der Waals surface area contributed by atoms with Gasteiger partial charge in [-0.05, 0) is 18.2 Å². The van der Waals surface area contributed by atoms with Crippen molar-refractivity contribution in [2.24, 2.45) is 0 Å². The van der Waals surface area contributed by atoms with Gasteiger partial charge in [0.15, 0.2) is 0 Å². The second-order valence-electron chi connectivity index (χ2n) is 2.70. The van der Waals surface area contributed by atoms with E-state index in [0.717, 1.165) is 0 Å². The first-order valence-corrected chi connectivity index (χ1v) is 5.04. The van der Waals surface area contributed by atoms with Crippen LogP contribution < -0.4 is 4.74 Å². The molecule has 0 atom stereocenters. The molecule has 0 saturated heterocycles. The molecular weight excluding hydrogens is 267 g/mol. The van der Waals surface area contributed by atoms with E-state index >= 15 is 0 Å². The Kier molecular flexibility index (Phi) is 4.55. The summed E-state index contributed by atoms with van der Waals surface area (Å²) in [6.07, 6.45) is 0. The van der Waals surface area contributed by atoms with E-state index in [0.29, 0.717) is 15.8 Å². The van der Waals surface area contributed by atoms with Crippen LogP contribution in [0, 0.1) is 0 Å². The molecule has 5 heteroatoms. The SMILES string of the molecule is COC(=O)c1cc(Br)cc(OCCF)c1. The van der Waals surface area contributed by atoms with E-state index in [1.807, 2.05) is 0 Å². The number of esters is 1. The van der Waals surface area contributed by atoms with Gasteiger partial charge in [-0.1, -0.05) is 15.9 Å². The summed E-state index contributed by atoms with van der Waals surface area (Å²) in [7, 11) is 1.30. The van der Waals surface area contributed by atoms with Crippen LogP contribution in [0.2, 0.25) is 0 Å². The summed E-state index contributed by atoms with van der Waals surface area (Å²) in [6, 6.07) is 4.77. The Balaban J connectivity index is 2.89. The molecule has 0 aliphatic rings. The molecule has 82 valence electrons. The summed E-state index contributed by atoms with van der Waals surface area (Å²) in [5, 5.41) is 0.